The number of ether oxygens (including phenoxy) is 1. The van der Waals surface area contributed by atoms with Gasteiger partial charge in [-0.1, -0.05) is 6.07 Å². The van der Waals surface area contributed by atoms with E-state index in [9.17, 15) is 4.79 Å². The minimum absolute atomic E-state index is 0.173. The Bertz CT molecular complexity index is 479. The molecule has 0 aromatic carbocycles. The molecule has 4 nitrogen and oxygen atoms in total. The minimum atomic E-state index is -0.173. The molecule has 0 saturated heterocycles. The number of H-pyrrole nitrogens is 1. The molecule has 0 radical (unpaired) electrons. The fourth-order valence-electron chi connectivity index (χ4n) is 1.16. The second kappa shape index (κ2) is 4.41. The molecule has 2 aromatic heterocycles. The summed E-state index contributed by atoms with van der Waals surface area (Å²) in [5.74, 6) is 0.546. The first-order chi connectivity index (χ1) is 7.34. The number of aromatic nitrogens is 2. The molecule has 4 heteroatoms. The second-order valence-corrected chi connectivity index (χ2v) is 3.00. The van der Waals surface area contributed by atoms with Crippen LogP contribution in [0.2, 0.25) is 0 Å². The Morgan fingerprint density at radius 2 is 2.27 bits per heavy atom. The van der Waals surface area contributed by atoms with Gasteiger partial charge in [0.25, 0.3) is 5.56 Å². The topological polar surface area (TPSA) is 55.0 Å². The van der Waals surface area contributed by atoms with Gasteiger partial charge in [0.1, 0.15) is 12.4 Å². The Balaban J connectivity index is 2.02. The van der Waals surface area contributed by atoms with Gasteiger partial charge in [0, 0.05) is 18.5 Å². The smallest absolute Gasteiger partial charge is 0.251 e. The zero-order valence-corrected chi connectivity index (χ0v) is 8.01. The van der Waals surface area contributed by atoms with E-state index >= 15 is 0 Å². The van der Waals surface area contributed by atoms with Crippen molar-refractivity contribution in [3.05, 3.63) is 58.8 Å². The van der Waals surface area contributed by atoms with Crippen molar-refractivity contribution < 1.29 is 4.74 Å². The molecule has 0 fully saturated rings. The highest BCUT2D eigenvalue weighted by atomic mass is 16.5. The zero-order valence-electron chi connectivity index (χ0n) is 8.01. The van der Waals surface area contributed by atoms with Crippen LogP contribution in [0.5, 0.6) is 5.75 Å². The van der Waals surface area contributed by atoms with Gasteiger partial charge >= 0.3 is 0 Å². The molecule has 0 amide bonds. The maximum Gasteiger partial charge on any atom is 0.251 e. The van der Waals surface area contributed by atoms with Gasteiger partial charge in [-0.3, -0.25) is 9.78 Å². The summed E-state index contributed by atoms with van der Waals surface area (Å²) in [6.45, 7) is 0.365. The third-order valence-corrected chi connectivity index (χ3v) is 1.86. The van der Waals surface area contributed by atoms with E-state index in [1.54, 1.807) is 18.5 Å². The van der Waals surface area contributed by atoms with Gasteiger partial charge in [-0.15, -0.1) is 0 Å². The number of nitrogens with one attached hydrogen (secondary N) is 1. The average molecular weight is 202 g/mol. The molecule has 0 aliphatic rings. The maximum absolute atomic E-state index is 11.0. The van der Waals surface area contributed by atoms with Crippen LogP contribution in [-0.4, -0.2) is 9.97 Å². The molecule has 0 atom stereocenters. The summed E-state index contributed by atoms with van der Waals surface area (Å²) in [5.41, 5.74) is 0.659. The molecule has 0 unspecified atom stereocenters. The zero-order chi connectivity index (χ0) is 10.5. The van der Waals surface area contributed by atoms with Crippen molar-refractivity contribution in [2.75, 3.05) is 0 Å². The molecule has 2 heterocycles. The molecule has 0 spiro atoms. The Hall–Kier alpha value is -2.10. The highest BCUT2D eigenvalue weighted by Gasteiger charge is 1.96. The van der Waals surface area contributed by atoms with E-state index in [1.807, 2.05) is 18.2 Å². The Morgan fingerprint density at radius 3 is 3.00 bits per heavy atom. The van der Waals surface area contributed by atoms with E-state index < -0.39 is 0 Å². The molecule has 0 aliphatic heterocycles. The third-order valence-electron chi connectivity index (χ3n) is 1.86. The number of nitrogens with zero attached hydrogens (tertiary/aromatic N) is 1. The molecule has 2 rings (SSSR count). The van der Waals surface area contributed by atoms with Crippen molar-refractivity contribution in [1.29, 1.82) is 0 Å². The molecule has 0 bridgehead atoms. The lowest BCUT2D eigenvalue weighted by atomic mass is 10.4. The van der Waals surface area contributed by atoms with Gasteiger partial charge in [0.05, 0.1) is 5.69 Å². The lowest BCUT2D eigenvalue weighted by molar-refractivity contribution is 0.300. The predicted octanol–water partition coefficient (Wildman–Crippen LogP) is 1.35. The van der Waals surface area contributed by atoms with Gasteiger partial charge in [-0.2, -0.15) is 0 Å². The fourth-order valence-corrected chi connectivity index (χ4v) is 1.16. The number of hydrogen-bond acceptors (Lipinski definition) is 3. The van der Waals surface area contributed by atoms with Crippen LogP contribution in [0.1, 0.15) is 5.69 Å². The molecule has 1 N–H and O–H groups in total. The van der Waals surface area contributed by atoms with Gasteiger partial charge in [-0.05, 0) is 18.2 Å². The van der Waals surface area contributed by atoms with E-state index in [1.165, 1.54) is 6.07 Å². The standard InChI is InChI=1S/C11H10N2O2/c14-11-7-10(4-6-13-11)15-8-9-3-1-2-5-12-9/h1-7H,8H2,(H,13,14). The quantitative estimate of drug-likeness (QED) is 0.817. The van der Waals surface area contributed by atoms with Gasteiger partial charge in [-0.25, -0.2) is 0 Å². The summed E-state index contributed by atoms with van der Waals surface area (Å²) in [6.07, 6.45) is 3.26. The van der Waals surface area contributed by atoms with Crippen LogP contribution in [0.15, 0.2) is 47.5 Å². The number of aromatic amines is 1. The highest BCUT2D eigenvalue weighted by Crippen LogP contribution is 2.06. The Kier molecular flexibility index (Phi) is 2.78. The normalized spacial score (nSPS) is 9.87. The van der Waals surface area contributed by atoms with Crippen LogP contribution in [0.4, 0.5) is 0 Å². The van der Waals surface area contributed by atoms with Gasteiger partial charge < -0.3 is 9.72 Å². The van der Waals surface area contributed by atoms with Crippen molar-refractivity contribution >= 4 is 0 Å². The molecule has 0 aliphatic carbocycles. The van der Waals surface area contributed by atoms with E-state index in [-0.39, 0.29) is 5.56 Å². The van der Waals surface area contributed by atoms with Crippen molar-refractivity contribution in [3.63, 3.8) is 0 Å². The van der Waals surface area contributed by atoms with Crippen LogP contribution in [0.25, 0.3) is 0 Å². The van der Waals surface area contributed by atoms with Gasteiger partial charge in [0.2, 0.25) is 0 Å². The highest BCUT2D eigenvalue weighted by molar-refractivity contribution is 5.17. The fraction of sp³-hybridized carbons (Fsp3) is 0.0909. The van der Waals surface area contributed by atoms with Crippen LogP contribution >= 0.6 is 0 Å². The van der Waals surface area contributed by atoms with E-state index in [2.05, 4.69) is 9.97 Å². The lowest BCUT2D eigenvalue weighted by Crippen LogP contribution is -2.04. The van der Waals surface area contributed by atoms with Gasteiger partial charge in [0.15, 0.2) is 0 Å². The Morgan fingerprint density at radius 1 is 1.33 bits per heavy atom. The van der Waals surface area contributed by atoms with Crippen molar-refractivity contribution in [3.8, 4) is 5.75 Å². The van der Waals surface area contributed by atoms with Crippen LogP contribution in [0, 0.1) is 0 Å². The summed E-state index contributed by atoms with van der Waals surface area (Å²) < 4.78 is 5.39. The predicted molar refractivity (Wildman–Crippen MR) is 55.6 cm³/mol. The number of hydrogen-bond donors (Lipinski definition) is 1. The molecule has 15 heavy (non-hydrogen) atoms. The minimum Gasteiger partial charge on any atom is -0.487 e. The van der Waals surface area contributed by atoms with E-state index in [0.29, 0.717) is 12.4 Å². The molecular weight excluding hydrogens is 192 g/mol. The monoisotopic (exact) mass is 202 g/mol. The van der Waals surface area contributed by atoms with Crippen LogP contribution in [0.3, 0.4) is 0 Å². The molecule has 2 aromatic rings. The largest absolute Gasteiger partial charge is 0.487 e. The summed E-state index contributed by atoms with van der Waals surface area (Å²) >= 11 is 0. The summed E-state index contributed by atoms with van der Waals surface area (Å²) in [5, 5.41) is 0. The lowest BCUT2D eigenvalue weighted by Gasteiger charge is -2.03. The first-order valence-electron chi connectivity index (χ1n) is 4.56. The SMILES string of the molecule is O=c1cc(OCc2ccccn2)cc[nH]1. The summed E-state index contributed by atoms with van der Waals surface area (Å²) in [6, 6.07) is 8.71. The Labute approximate surface area is 86.6 Å². The third kappa shape index (κ3) is 2.67. The second-order valence-electron chi connectivity index (χ2n) is 3.00. The first kappa shape index (κ1) is 9.45. The van der Waals surface area contributed by atoms with Crippen molar-refractivity contribution in [2.24, 2.45) is 0 Å². The van der Waals surface area contributed by atoms with Crippen LogP contribution in [-0.2, 0) is 6.61 Å². The van der Waals surface area contributed by atoms with E-state index in [0.717, 1.165) is 5.69 Å². The summed E-state index contributed by atoms with van der Waals surface area (Å²) in [7, 11) is 0. The number of pyridine rings is 2. The molecule has 0 saturated carbocycles. The van der Waals surface area contributed by atoms with E-state index in [4.69, 9.17) is 4.74 Å². The summed E-state index contributed by atoms with van der Waals surface area (Å²) in [4.78, 5) is 17.6. The average Bonchev–Trinajstić information content (AvgIpc) is 2.28. The molecular formula is C11H10N2O2. The van der Waals surface area contributed by atoms with Crippen LogP contribution < -0.4 is 10.3 Å². The van der Waals surface area contributed by atoms with Crippen molar-refractivity contribution in [1.82, 2.24) is 9.97 Å². The first-order valence-corrected chi connectivity index (χ1v) is 4.56. The molecule has 76 valence electrons. The van der Waals surface area contributed by atoms with Crippen molar-refractivity contribution in [2.45, 2.75) is 6.61 Å². The number of rotatable bonds is 3. The maximum atomic E-state index is 11.0.